The van der Waals surface area contributed by atoms with Gasteiger partial charge in [0.2, 0.25) is 0 Å². The van der Waals surface area contributed by atoms with Crippen LogP contribution < -0.4 is 0 Å². The fourth-order valence-electron chi connectivity index (χ4n) is 3.20. The number of rotatable bonds is 5. The third-order valence-corrected chi connectivity index (χ3v) is 4.42. The summed E-state index contributed by atoms with van der Waals surface area (Å²) >= 11 is 0. The maximum Gasteiger partial charge on any atom is 0.272 e. The maximum atomic E-state index is 11.0. The van der Waals surface area contributed by atoms with E-state index in [0.717, 1.165) is 17.7 Å². The summed E-state index contributed by atoms with van der Waals surface area (Å²) in [5.74, 6) is 0. The van der Waals surface area contributed by atoms with Gasteiger partial charge < -0.3 is 0 Å². The second kappa shape index (κ2) is 6.35. The Balaban J connectivity index is 2.22. The molecule has 1 aliphatic rings. The summed E-state index contributed by atoms with van der Waals surface area (Å²) in [4.78, 5) is 13.3. The molecule has 0 unspecified atom stereocenters. The lowest BCUT2D eigenvalue weighted by Gasteiger charge is -2.33. The fraction of sp³-hybridized carbons (Fsp3) is 0.625. The monoisotopic (exact) mass is 276 g/mol. The van der Waals surface area contributed by atoms with Gasteiger partial charge >= 0.3 is 0 Å². The molecular weight excluding hydrogens is 252 g/mol. The molecule has 1 aromatic rings. The summed E-state index contributed by atoms with van der Waals surface area (Å²) in [6.07, 6.45) is 5.13. The van der Waals surface area contributed by atoms with E-state index in [4.69, 9.17) is 0 Å². The zero-order valence-electron chi connectivity index (χ0n) is 12.6. The van der Waals surface area contributed by atoms with Crippen molar-refractivity contribution < 1.29 is 4.92 Å². The Morgan fingerprint density at radius 1 is 1.35 bits per heavy atom. The van der Waals surface area contributed by atoms with E-state index in [9.17, 15) is 10.1 Å². The molecule has 2 rings (SSSR count). The van der Waals surface area contributed by atoms with Crippen molar-refractivity contribution in [1.82, 2.24) is 4.90 Å². The van der Waals surface area contributed by atoms with Crippen LogP contribution in [0.1, 0.15) is 50.7 Å². The van der Waals surface area contributed by atoms with Gasteiger partial charge in [0.1, 0.15) is 0 Å². The van der Waals surface area contributed by atoms with Crippen LogP contribution >= 0.6 is 0 Å². The Morgan fingerprint density at radius 3 is 2.55 bits per heavy atom. The zero-order chi connectivity index (χ0) is 14.7. The second-order valence-electron chi connectivity index (χ2n) is 6.02. The molecule has 0 spiro atoms. The van der Waals surface area contributed by atoms with E-state index < -0.39 is 0 Å². The molecule has 4 nitrogen and oxygen atoms in total. The number of nitro benzene ring substituents is 1. The first-order chi connectivity index (χ1) is 9.50. The summed E-state index contributed by atoms with van der Waals surface area (Å²) in [7, 11) is 0. The van der Waals surface area contributed by atoms with E-state index in [1.807, 2.05) is 13.0 Å². The van der Waals surface area contributed by atoms with Gasteiger partial charge in [-0.15, -0.1) is 0 Å². The lowest BCUT2D eigenvalue weighted by Crippen LogP contribution is -2.38. The van der Waals surface area contributed by atoms with Gasteiger partial charge in [0.25, 0.3) is 5.69 Å². The SMILES string of the molecule is Cc1c(CN(C(C)C)C2CCCC2)cccc1[N+](=O)[O-]. The number of nitro groups is 1. The van der Waals surface area contributed by atoms with Crippen molar-refractivity contribution in [2.45, 2.75) is 65.1 Å². The van der Waals surface area contributed by atoms with Gasteiger partial charge in [-0.1, -0.05) is 25.0 Å². The van der Waals surface area contributed by atoms with Crippen LogP contribution in [0.3, 0.4) is 0 Å². The van der Waals surface area contributed by atoms with Crippen LogP contribution in [-0.2, 0) is 6.54 Å². The van der Waals surface area contributed by atoms with Crippen molar-refractivity contribution in [3.63, 3.8) is 0 Å². The average molecular weight is 276 g/mol. The third kappa shape index (κ3) is 3.18. The second-order valence-corrected chi connectivity index (χ2v) is 6.02. The van der Waals surface area contributed by atoms with E-state index in [2.05, 4.69) is 18.7 Å². The highest BCUT2D eigenvalue weighted by Gasteiger charge is 2.25. The highest BCUT2D eigenvalue weighted by atomic mass is 16.6. The predicted molar refractivity (Wildman–Crippen MR) is 80.8 cm³/mol. The largest absolute Gasteiger partial charge is 0.294 e. The van der Waals surface area contributed by atoms with Gasteiger partial charge in [0, 0.05) is 30.3 Å². The minimum absolute atomic E-state index is 0.234. The Labute approximate surface area is 120 Å². The van der Waals surface area contributed by atoms with Crippen LogP contribution in [-0.4, -0.2) is 21.9 Å². The Bertz CT molecular complexity index is 479. The highest BCUT2D eigenvalue weighted by molar-refractivity contribution is 5.44. The van der Waals surface area contributed by atoms with Gasteiger partial charge in [0.05, 0.1) is 4.92 Å². The van der Waals surface area contributed by atoms with Crippen molar-refractivity contribution in [3.8, 4) is 0 Å². The molecule has 1 aliphatic carbocycles. The van der Waals surface area contributed by atoms with Gasteiger partial charge in [-0.3, -0.25) is 15.0 Å². The lowest BCUT2D eigenvalue weighted by atomic mass is 10.0. The van der Waals surface area contributed by atoms with Crippen LogP contribution in [0.4, 0.5) is 5.69 Å². The zero-order valence-corrected chi connectivity index (χ0v) is 12.6. The first-order valence-corrected chi connectivity index (χ1v) is 7.49. The topological polar surface area (TPSA) is 46.4 Å². The van der Waals surface area contributed by atoms with E-state index in [1.54, 1.807) is 12.1 Å². The summed E-state index contributed by atoms with van der Waals surface area (Å²) in [5, 5.41) is 11.0. The van der Waals surface area contributed by atoms with E-state index in [0.29, 0.717) is 12.1 Å². The highest BCUT2D eigenvalue weighted by Crippen LogP contribution is 2.29. The molecular formula is C16H24N2O2. The lowest BCUT2D eigenvalue weighted by molar-refractivity contribution is -0.385. The summed E-state index contributed by atoms with van der Waals surface area (Å²) in [6.45, 7) is 7.10. The molecule has 1 fully saturated rings. The molecule has 1 saturated carbocycles. The Morgan fingerprint density at radius 2 is 2.00 bits per heavy atom. The van der Waals surface area contributed by atoms with Crippen molar-refractivity contribution in [2.75, 3.05) is 0 Å². The number of hydrogen-bond acceptors (Lipinski definition) is 3. The van der Waals surface area contributed by atoms with Gasteiger partial charge in [-0.2, -0.15) is 0 Å². The third-order valence-electron chi connectivity index (χ3n) is 4.42. The molecule has 0 radical (unpaired) electrons. The minimum Gasteiger partial charge on any atom is -0.294 e. The number of benzene rings is 1. The Hall–Kier alpha value is -1.42. The first kappa shape index (κ1) is 15.0. The smallest absolute Gasteiger partial charge is 0.272 e. The molecule has 1 aromatic carbocycles. The number of nitrogens with zero attached hydrogens (tertiary/aromatic N) is 2. The maximum absolute atomic E-state index is 11.0. The van der Waals surface area contributed by atoms with E-state index in [-0.39, 0.29) is 10.6 Å². The quantitative estimate of drug-likeness (QED) is 0.602. The summed E-state index contributed by atoms with van der Waals surface area (Å²) in [6, 6.07) is 6.51. The molecule has 110 valence electrons. The normalized spacial score (nSPS) is 16.2. The Kier molecular flexibility index (Phi) is 4.76. The van der Waals surface area contributed by atoms with Crippen molar-refractivity contribution in [2.24, 2.45) is 0 Å². The molecule has 0 bridgehead atoms. The van der Waals surface area contributed by atoms with Crippen LogP contribution in [0.15, 0.2) is 18.2 Å². The van der Waals surface area contributed by atoms with E-state index >= 15 is 0 Å². The van der Waals surface area contributed by atoms with Crippen molar-refractivity contribution in [3.05, 3.63) is 39.4 Å². The molecule has 0 saturated heterocycles. The molecule has 4 heteroatoms. The number of hydrogen-bond donors (Lipinski definition) is 0. The van der Waals surface area contributed by atoms with Crippen LogP contribution in [0.25, 0.3) is 0 Å². The average Bonchev–Trinajstić information content (AvgIpc) is 2.90. The molecule has 0 atom stereocenters. The summed E-state index contributed by atoms with van der Waals surface area (Å²) in [5.41, 5.74) is 2.12. The molecule has 20 heavy (non-hydrogen) atoms. The molecule has 0 amide bonds. The van der Waals surface area contributed by atoms with Gasteiger partial charge in [-0.05, 0) is 39.2 Å². The first-order valence-electron chi connectivity index (χ1n) is 7.49. The summed E-state index contributed by atoms with van der Waals surface area (Å²) < 4.78 is 0. The molecule has 0 aliphatic heterocycles. The molecule has 0 N–H and O–H groups in total. The van der Waals surface area contributed by atoms with Crippen LogP contribution in [0.5, 0.6) is 0 Å². The van der Waals surface area contributed by atoms with Crippen molar-refractivity contribution >= 4 is 5.69 Å². The standard InChI is InChI=1S/C16H24N2O2/c1-12(2)17(15-8-4-5-9-15)11-14-7-6-10-16(13(14)3)18(19)20/h6-7,10,12,15H,4-5,8-9,11H2,1-3H3. The van der Waals surface area contributed by atoms with Gasteiger partial charge in [0.15, 0.2) is 0 Å². The van der Waals surface area contributed by atoms with E-state index in [1.165, 1.54) is 25.7 Å². The van der Waals surface area contributed by atoms with Crippen molar-refractivity contribution in [1.29, 1.82) is 0 Å². The minimum atomic E-state index is -0.284. The van der Waals surface area contributed by atoms with Gasteiger partial charge in [-0.25, -0.2) is 0 Å². The molecule has 0 aromatic heterocycles. The van der Waals surface area contributed by atoms with Crippen LogP contribution in [0.2, 0.25) is 0 Å². The molecule has 0 heterocycles. The van der Waals surface area contributed by atoms with Crippen LogP contribution in [0, 0.1) is 17.0 Å². The fourth-order valence-corrected chi connectivity index (χ4v) is 3.20. The predicted octanol–water partition coefficient (Wildman–Crippen LogP) is 4.06.